The number of amides is 1. The van der Waals surface area contributed by atoms with Gasteiger partial charge < -0.3 is 5.32 Å². The highest BCUT2D eigenvalue weighted by molar-refractivity contribution is 7.88. The molecule has 0 unspecified atom stereocenters. The lowest BCUT2D eigenvalue weighted by atomic mass is 9.97. The van der Waals surface area contributed by atoms with Gasteiger partial charge in [0.1, 0.15) is 0 Å². The minimum Gasteiger partial charge on any atom is -0.356 e. The van der Waals surface area contributed by atoms with Crippen LogP contribution in [0.4, 0.5) is 0 Å². The zero-order chi connectivity index (χ0) is 17.6. The van der Waals surface area contributed by atoms with Crippen LogP contribution in [0.1, 0.15) is 31.2 Å². The van der Waals surface area contributed by atoms with Crippen LogP contribution in [0.15, 0.2) is 24.3 Å². The first-order valence-electron chi connectivity index (χ1n) is 8.33. The summed E-state index contributed by atoms with van der Waals surface area (Å²) in [6.45, 7) is 1.53. The number of hydrogen-bond donors (Lipinski definition) is 1. The van der Waals surface area contributed by atoms with E-state index in [1.807, 2.05) is 18.2 Å². The van der Waals surface area contributed by atoms with Crippen molar-refractivity contribution in [3.8, 4) is 0 Å². The molecule has 0 radical (unpaired) electrons. The smallest absolute Gasteiger partial charge is 0.223 e. The predicted molar refractivity (Wildman–Crippen MR) is 96.5 cm³/mol. The van der Waals surface area contributed by atoms with Crippen molar-refractivity contribution >= 4 is 27.5 Å². The molecular weight excluding hydrogens is 348 g/mol. The zero-order valence-corrected chi connectivity index (χ0v) is 15.6. The number of nitrogens with zero attached hydrogens (tertiary/aromatic N) is 1. The monoisotopic (exact) mass is 372 g/mol. The second kappa shape index (κ2) is 8.83. The summed E-state index contributed by atoms with van der Waals surface area (Å²) in [5.74, 6) is -0.0261. The molecule has 1 N–H and O–H groups in total. The highest BCUT2D eigenvalue weighted by Crippen LogP contribution is 2.19. The summed E-state index contributed by atoms with van der Waals surface area (Å²) in [7, 11) is -3.14. The minimum absolute atomic E-state index is 0.0471. The van der Waals surface area contributed by atoms with E-state index in [1.54, 1.807) is 0 Å². The van der Waals surface area contributed by atoms with Crippen LogP contribution in [0.3, 0.4) is 0 Å². The molecule has 5 nitrogen and oxygen atoms in total. The van der Waals surface area contributed by atoms with Crippen molar-refractivity contribution in [2.45, 2.75) is 32.1 Å². The van der Waals surface area contributed by atoms with Crippen LogP contribution in [-0.4, -0.2) is 44.5 Å². The van der Waals surface area contributed by atoms with E-state index in [4.69, 9.17) is 11.6 Å². The average Bonchev–Trinajstić information content (AvgIpc) is 2.54. The van der Waals surface area contributed by atoms with E-state index in [-0.39, 0.29) is 11.8 Å². The molecule has 7 heteroatoms. The molecule has 1 aromatic rings. The number of nitrogens with one attached hydrogen (secondary N) is 1. The Balaban J connectivity index is 1.62. The molecule has 1 amide bonds. The Kier molecular flexibility index (Phi) is 7.07. The number of rotatable bonds is 7. The highest BCUT2D eigenvalue weighted by Gasteiger charge is 2.28. The van der Waals surface area contributed by atoms with Gasteiger partial charge in [0, 0.05) is 30.6 Å². The molecule has 134 valence electrons. The third-order valence-electron chi connectivity index (χ3n) is 4.37. The molecule has 0 bridgehead atoms. The van der Waals surface area contributed by atoms with E-state index in [0.717, 1.165) is 24.3 Å². The van der Waals surface area contributed by atoms with Gasteiger partial charge in [-0.1, -0.05) is 23.7 Å². The molecule has 24 heavy (non-hydrogen) atoms. The Morgan fingerprint density at radius 3 is 2.62 bits per heavy atom. The van der Waals surface area contributed by atoms with Crippen molar-refractivity contribution < 1.29 is 13.2 Å². The van der Waals surface area contributed by atoms with E-state index >= 15 is 0 Å². The molecule has 2 rings (SSSR count). The molecule has 0 spiro atoms. The molecule has 1 aliphatic rings. The molecule has 0 aromatic heterocycles. The lowest BCUT2D eigenvalue weighted by Crippen LogP contribution is -2.42. The Morgan fingerprint density at radius 1 is 1.29 bits per heavy atom. The summed E-state index contributed by atoms with van der Waals surface area (Å²) in [4.78, 5) is 12.1. The number of halogens is 1. The first-order valence-corrected chi connectivity index (χ1v) is 10.6. The molecule has 0 aliphatic carbocycles. The van der Waals surface area contributed by atoms with Gasteiger partial charge >= 0.3 is 0 Å². The summed E-state index contributed by atoms with van der Waals surface area (Å²) in [5, 5.41) is 3.72. The molecule has 0 saturated carbocycles. The highest BCUT2D eigenvalue weighted by atomic mass is 35.5. The number of benzene rings is 1. The van der Waals surface area contributed by atoms with Gasteiger partial charge in [-0.2, -0.15) is 0 Å². The molecule has 1 heterocycles. The molecule has 0 atom stereocenters. The van der Waals surface area contributed by atoms with E-state index in [1.165, 1.54) is 16.1 Å². The molecule has 1 aromatic carbocycles. The Labute approximate surface area is 149 Å². The predicted octanol–water partition coefficient (Wildman–Crippen LogP) is 2.45. The fourth-order valence-corrected chi connectivity index (χ4v) is 4.04. The second-order valence-electron chi connectivity index (χ2n) is 6.31. The van der Waals surface area contributed by atoms with Crippen molar-refractivity contribution in [1.29, 1.82) is 0 Å². The van der Waals surface area contributed by atoms with Gasteiger partial charge in [0.05, 0.1) is 6.26 Å². The van der Waals surface area contributed by atoms with Crippen LogP contribution in [-0.2, 0) is 21.2 Å². The van der Waals surface area contributed by atoms with Crippen LogP contribution >= 0.6 is 11.6 Å². The van der Waals surface area contributed by atoms with Gasteiger partial charge in [-0.15, -0.1) is 0 Å². The first-order chi connectivity index (χ1) is 11.4. The molecule has 1 aliphatic heterocycles. The van der Waals surface area contributed by atoms with Crippen LogP contribution in [0.2, 0.25) is 5.02 Å². The van der Waals surface area contributed by atoms with Gasteiger partial charge in [-0.3, -0.25) is 4.79 Å². The van der Waals surface area contributed by atoms with Crippen molar-refractivity contribution in [3.63, 3.8) is 0 Å². The van der Waals surface area contributed by atoms with E-state index in [9.17, 15) is 13.2 Å². The SMILES string of the molecule is CS(=O)(=O)N1CCC(C(=O)NCCCCc2cccc(Cl)c2)CC1. The standard InChI is InChI=1S/C17H25ClN2O3S/c1-24(22,23)20-11-8-15(9-12-20)17(21)19-10-3-2-5-14-6-4-7-16(18)13-14/h4,6-7,13,15H,2-3,5,8-12H2,1H3,(H,19,21). The topological polar surface area (TPSA) is 66.5 Å². The number of carbonyl (C=O) groups is 1. The fraction of sp³-hybridized carbons (Fsp3) is 0.588. The largest absolute Gasteiger partial charge is 0.356 e. The van der Waals surface area contributed by atoms with Crippen LogP contribution in [0.5, 0.6) is 0 Å². The van der Waals surface area contributed by atoms with Crippen LogP contribution < -0.4 is 5.32 Å². The average molecular weight is 373 g/mol. The Hall–Kier alpha value is -1.11. The lowest BCUT2D eigenvalue weighted by Gasteiger charge is -2.29. The summed E-state index contributed by atoms with van der Waals surface area (Å²) in [6, 6.07) is 7.83. The van der Waals surface area contributed by atoms with Gasteiger partial charge in [0.15, 0.2) is 0 Å². The summed E-state index contributed by atoms with van der Waals surface area (Å²) >= 11 is 5.95. The van der Waals surface area contributed by atoms with Crippen molar-refractivity contribution in [2.24, 2.45) is 5.92 Å². The van der Waals surface area contributed by atoms with Gasteiger partial charge in [0.2, 0.25) is 15.9 Å². The van der Waals surface area contributed by atoms with Crippen molar-refractivity contribution in [2.75, 3.05) is 25.9 Å². The van der Waals surface area contributed by atoms with E-state index < -0.39 is 10.0 Å². The van der Waals surface area contributed by atoms with Crippen molar-refractivity contribution in [3.05, 3.63) is 34.9 Å². The molecular formula is C17H25ClN2O3S. The summed E-state index contributed by atoms with van der Waals surface area (Å²) in [6.07, 6.45) is 5.27. The normalized spacial score (nSPS) is 16.9. The lowest BCUT2D eigenvalue weighted by molar-refractivity contribution is -0.126. The number of carbonyl (C=O) groups excluding carboxylic acids is 1. The first kappa shape index (κ1) is 19.2. The number of aryl methyl sites for hydroxylation is 1. The fourth-order valence-electron chi connectivity index (χ4n) is 2.95. The second-order valence-corrected chi connectivity index (χ2v) is 8.73. The van der Waals surface area contributed by atoms with Crippen LogP contribution in [0.25, 0.3) is 0 Å². The third-order valence-corrected chi connectivity index (χ3v) is 5.91. The molecule has 1 fully saturated rings. The van der Waals surface area contributed by atoms with Crippen LogP contribution in [0, 0.1) is 5.92 Å². The van der Waals surface area contributed by atoms with Gasteiger partial charge in [0.25, 0.3) is 0 Å². The van der Waals surface area contributed by atoms with Gasteiger partial charge in [-0.25, -0.2) is 12.7 Å². The number of hydrogen-bond acceptors (Lipinski definition) is 3. The zero-order valence-electron chi connectivity index (χ0n) is 14.0. The van der Waals surface area contributed by atoms with E-state index in [0.29, 0.717) is 32.5 Å². The number of unbranched alkanes of at least 4 members (excludes halogenated alkanes) is 1. The van der Waals surface area contributed by atoms with Crippen molar-refractivity contribution in [1.82, 2.24) is 9.62 Å². The third kappa shape index (κ3) is 6.07. The quantitative estimate of drug-likeness (QED) is 0.747. The number of piperidine rings is 1. The minimum atomic E-state index is -3.14. The summed E-state index contributed by atoms with van der Waals surface area (Å²) < 4.78 is 24.4. The Morgan fingerprint density at radius 2 is 2.00 bits per heavy atom. The van der Waals surface area contributed by atoms with E-state index in [2.05, 4.69) is 11.4 Å². The maximum atomic E-state index is 12.1. The Bertz CT molecular complexity index is 656. The summed E-state index contributed by atoms with van der Waals surface area (Å²) in [5.41, 5.74) is 1.21. The number of sulfonamides is 1. The molecule has 1 saturated heterocycles. The van der Waals surface area contributed by atoms with Gasteiger partial charge in [-0.05, 0) is 49.8 Å². The maximum absolute atomic E-state index is 12.1. The maximum Gasteiger partial charge on any atom is 0.223 e.